The lowest BCUT2D eigenvalue weighted by atomic mass is 9.81. The summed E-state index contributed by atoms with van der Waals surface area (Å²) in [6, 6.07) is 0. The Labute approximate surface area is 137 Å². The third kappa shape index (κ3) is 28.8. The van der Waals surface area contributed by atoms with Gasteiger partial charge in [0, 0.05) is 0 Å². The van der Waals surface area contributed by atoms with Crippen molar-refractivity contribution in [3.8, 4) is 0 Å². The molecule has 0 atom stereocenters. The number of rotatable bonds is 3. The van der Waals surface area contributed by atoms with Crippen molar-refractivity contribution >= 4 is 0 Å². The molecule has 0 aliphatic carbocycles. The Morgan fingerprint density at radius 2 is 0.524 bits per heavy atom. The van der Waals surface area contributed by atoms with E-state index in [0.717, 1.165) is 0 Å². The maximum atomic E-state index is 2.32. The second-order valence-corrected chi connectivity index (χ2v) is 11.6. The summed E-state index contributed by atoms with van der Waals surface area (Å²) >= 11 is 0. The van der Waals surface area contributed by atoms with Crippen molar-refractivity contribution in [3.63, 3.8) is 0 Å². The predicted molar refractivity (Wildman–Crippen MR) is 101 cm³/mol. The fourth-order valence-corrected chi connectivity index (χ4v) is 1.90. The van der Waals surface area contributed by atoms with Gasteiger partial charge in [0.05, 0.1) is 0 Å². The van der Waals surface area contributed by atoms with Gasteiger partial charge in [-0.2, -0.15) is 0 Å². The Morgan fingerprint density at radius 1 is 0.333 bits per heavy atom. The molecule has 0 heteroatoms. The average molecular weight is 299 g/mol. The third-order valence-electron chi connectivity index (χ3n) is 3.48. The molecule has 0 saturated heterocycles. The van der Waals surface area contributed by atoms with Gasteiger partial charge in [0.2, 0.25) is 0 Å². The molecule has 0 N–H and O–H groups in total. The summed E-state index contributed by atoms with van der Waals surface area (Å²) < 4.78 is 0. The lowest BCUT2D eigenvalue weighted by Gasteiger charge is -2.24. The van der Waals surface area contributed by atoms with E-state index < -0.39 is 0 Å². The van der Waals surface area contributed by atoms with Gasteiger partial charge in [-0.15, -0.1) is 0 Å². The number of hydrogen-bond acceptors (Lipinski definition) is 0. The second kappa shape index (κ2) is 8.59. The fraction of sp³-hybridized carbons (Fsp3) is 1.00. The molecule has 0 bridgehead atoms. The van der Waals surface area contributed by atoms with Gasteiger partial charge >= 0.3 is 0 Å². The highest BCUT2D eigenvalue weighted by atomic mass is 14.2. The molecule has 21 heavy (non-hydrogen) atoms. The second-order valence-electron chi connectivity index (χ2n) is 11.6. The van der Waals surface area contributed by atoms with Gasteiger partial charge in [0.25, 0.3) is 0 Å². The molecular formula is C21H46. The van der Waals surface area contributed by atoms with Gasteiger partial charge in [0.1, 0.15) is 0 Å². The minimum absolute atomic E-state index is 0.507. The standard InChI is InChI=1S/C11H24.C10H22/c1-10(2,3)8-7-9-11(4,5)6;1-9(2,3)7-8-10(4,5)6/h7-9H2,1-6H3;7-8H2,1-6H3. The van der Waals surface area contributed by atoms with Crippen LogP contribution >= 0.6 is 0 Å². The van der Waals surface area contributed by atoms with Gasteiger partial charge in [0.15, 0.2) is 0 Å². The van der Waals surface area contributed by atoms with Crippen LogP contribution in [0.15, 0.2) is 0 Å². The van der Waals surface area contributed by atoms with Crippen molar-refractivity contribution in [1.29, 1.82) is 0 Å². The van der Waals surface area contributed by atoms with Crippen LogP contribution in [0.2, 0.25) is 0 Å². The van der Waals surface area contributed by atoms with Crippen LogP contribution in [0.25, 0.3) is 0 Å². The minimum atomic E-state index is 0.507. The van der Waals surface area contributed by atoms with Crippen LogP contribution in [0.1, 0.15) is 115 Å². The van der Waals surface area contributed by atoms with Gasteiger partial charge in [-0.1, -0.05) is 89.5 Å². The molecule has 0 nitrogen and oxygen atoms in total. The molecule has 0 aliphatic heterocycles. The first-order valence-electron chi connectivity index (χ1n) is 8.91. The van der Waals surface area contributed by atoms with E-state index in [1.54, 1.807) is 0 Å². The van der Waals surface area contributed by atoms with Crippen molar-refractivity contribution in [1.82, 2.24) is 0 Å². The van der Waals surface area contributed by atoms with Crippen LogP contribution in [0.3, 0.4) is 0 Å². The average Bonchev–Trinajstić information content (AvgIpc) is 2.09. The molecule has 0 aromatic carbocycles. The molecule has 0 radical (unpaired) electrons. The van der Waals surface area contributed by atoms with Crippen molar-refractivity contribution in [2.45, 2.75) is 115 Å². The van der Waals surface area contributed by atoms with Crippen molar-refractivity contribution in [2.24, 2.45) is 21.7 Å². The largest absolute Gasteiger partial charge is 0.0602 e. The van der Waals surface area contributed by atoms with E-state index in [4.69, 9.17) is 0 Å². The molecule has 0 rings (SSSR count). The predicted octanol–water partition coefficient (Wildman–Crippen LogP) is 8.11. The van der Waals surface area contributed by atoms with E-state index in [1.165, 1.54) is 32.1 Å². The zero-order chi connectivity index (χ0) is 17.5. The van der Waals surface area contributed by atoms with E-state index in [-0.39, 0.29) is 0 Å². The van der Waals surface area contributed by atoms with Crippen molar-refractivity contribution < 1.29 is 0 Å². The summed E-state index contributed by atoms with van der Waals surface area (Å²) in [7, 11) is 0. The Balaban J connectivity index is 0. The summed E-state index contributed by atoms with van der Waals surface area (Å²) in [5.74, 6) is 0. The maximum absolute atomic E-state index is 2.32. The molecule has 0 fully saturated rings. The van der Waals surface area contributed by atoms with Crippen LogP contribution in [0, 0.1) is 21.7 Å². The lowest BCUT2D eigenvalue weighted by molar-refractivity contribution is 0.275. The summed E-state index contributed by atoms with van der Waals surface area (Å²) in [4.78, 5) is 0. The third-order valence-corrected chi connectivity index (χ3v) is 3.48. The van der Waals surface area contributed by atoms with Crippen LogP contribution in [0.5, 0.6) is 0 Å². The van der Waals surface area contributed by atoms with E-state index in [0.29, 0.717) is 21.7 Å². The highest BCUT2D eigenvalue weighted by Gasteiger charge is 2.16. The molecule has 0 amide bonds. The minimum Gasteiger partial charge on any atom is -0.0602 e. The van der Waals surface area contributed by atoms with E-state index in [9.17, 15) is 0 Å². The maximum Gasteiger partial charge on any atom is -0.0382 e. The first-order valence-corrected chi connectivity index (χ1v) is 8.91. The zero-order valence-corrected chi connectivity index (χ0v) is 17.5. The molecule has 0 spiro atoms. The Kier molecular flexibility index (Phi) is 9.51. The lowest BCUT2D eigenvalue weighted by Crippen LogP contribution is -2.12. The highest BCUT2D eigenvalue weighted by molar-refractivity contribution is 4.68. The van der Waals surface area contributed by atoms with E-state index in [2.05, 4.69) is 83.1 Å². The van der Waals surface area contributed by atoms with Crippen molar-refractivity contribution in [3.05, 3.63) is 0 Å². The van der Waals surface area contributed by atoms with Gasteiger partial charge < -0.3 is 0 Å². The molecular weight excluding hydrogens is 252 g/mol. The summed E-state index contributed by atoms with van der Waals surface area (Å²) in [6.45, 7) is 27.7. The molecule has 0 heterocycles. The molecule has 0 aromatic heterocycles. The van der Waals surface area contributed by atoms with Gasteiger partial charge in [-0.25, -0.2) is 0 Å². The molecule has 0 aliphatic rings. The topological polar surface area (TPSA) is 0 Å². The smallest absolute Gasteiger partial charge is 0.0382 e. The molecule has 130 valence electrons. The monoisotopic (exact) mass is 298 g/mol. The molecule has 0 saturated carbocycles. The zero-order valence-electron chi connectivity index (χ0n) is 17.5. The van der Waals surface area contributed by atoms with Crippen LogP contribution in [0.4, 0.5) is 0 Å². The quantitative estimate of drug-likeness (QED) is 0.493. The van der Waals surface area contributed by atoms with E-state index in [1.807, 2.05) is 0 Å². The van der Waals surface area contributed by atoms with Gasteiger partial charge in [-0.3, -0.25) is 0 Å². The van der Waals surface area contributed by atoms with Crippen LogP contribution in [-0.4, -0.2) is 0 Å². The normalized spacial score (nSPS) is 13.7. The summed E-state index contributed by atoms with van der Waals surface area (Å²) in [6.07, 6.45) is 6.73. The van der Waals surface area contributed by atoms with Gasteiger partial charge in [-0.05, 0) is 47.3 Å². The Hall–Kier alpha value is 0. The van der Waals surface area contributed by atoms with Crippen molar-refractivity contribution in [2.75, 3.05) is 0 Å². The fourth-order valence-electron chi connectivity index (χ4n) is 1.90. The van der Waals surface area contributed by atoms with Crippen LogP contribution < -0.4 is 0 Å². The van der Waals surface area contributed by atoms with E-state index >= 15 is 0 Å². The highest BCUT2D eigenvalue weighted by Crippen LogP contribution is 2.29. The number of hydrogen-bond donors (Lipinski definition) is 0. The van der Waals surface area contributed by atoms with Crippen LogP contribution in [-0.2, 0) is 0 Å². The SMILES string of the molecule is CC(C)(C)CCC(C)(C)C.CC(C)(C)CCCC(C)(C)C. The first-order chi connectivity index (χ1) is 8.91. The first kappa shape index (κ1) is 23.3. The summed E-state index contributed by atoms with van der Waals surface area (Å²) in [5.41, 5.74) is 2.05. The summed E-state index contributed by atoms with van der Waals surface area (Å²) in [5, 5.41) is 0. The Morgan fingerprint density at radius 3 is 0.667 bits per heavy atom. The Bertz CT molecular complexity index is 216. The molecule has 0 aromatic rings. The molecule has 0 unspecified atom stereocenters.